The Balaban J connectivity index is 3.54. The third-order valence-electron chi connectivity index (χ3n) is 1.16. The zero-order chi connectivity index (χ0) is 9.40. The predicted molar refractivity (Wildman–Crippen MR) is 43.5 cm³/mol. The Morgan fingerprint density at radius 2 is 2.33 bits per heavy atom. The van der Waals surface area contributed by atoms with Gasteiger partial charge in [-0.15, -0.1) is 0 Å². The van der Waals surface area contributed by atoms with E-state index in [-0.39, 0.29) is 13.0 Å². The minimum atomic E-state index is -0.796. The van der Waals surface area contributed by atoms with Crippen LogP contribution >= 0.6 is 0 Å². The molecule has 0 radical (unpaired) electrons. The van der Waals surface area contributed by atoms with Crippen molar-refractivity contribution >= 4 is 5.97 Å². The highest BCUT2D eigenvalue weighted by atomic mass is 16.5. The van der Waals surface area contributed by atoms with Gasteiger partial charge in [0.2, 0.25) is 0 Å². The van der Waals surface area contributed by atoms with Gasteiger partial charge in [-0.3, -0.25) is 0 Å². The Morgan fingerprint density at radius 1 is 1.67 bits per heavy atom. The molecule has 4 nitrogen and oxygen atoms in total. The van der Waals surface area contributed by atoms with E-state index < -0.39 is 12.1 Å². The van der Waals surface area contributed by atoms with Crippen LogP contribution in [0.2, 0.25) is 0 Å². The summed E-state index contributed by atoms with van der Waals surface area (Å²) >= 11 is 0. The van der Waals surface area contributed by atoms with Crippen LogP contribution in [0.5, 0.6) is 0 Å². The zero-order valence-corrected chi connectivity index (χ0v) is 7.06. The maximum absolute atomic E-state index is 10.7. The van der Waals surface area contributed by atoms with Gasteiger partial charge in [0.05, 0.1) is 19.3 Å². The molecule has 1 atom stereocenters. The first-order valence-corrected chi connectivity index (χ1v) is 3.83. The van der Waals surface area contributed by atoms with E-state index in [0.29, 0.717) is 6.61 Å². The van der Waals surface area contributed by atoms with Crippen molar-refractivity contribution in [2.45, 2.75) is 19.4 Å². The first-order valence-electron chi connectivity index (χ1n) is 3.83. The molecule has 0 amide bonds. The first-order chi connectivity index (χ1) is 5.70. The van der Waals surface area contributed by atoms with Crippen molar-refractivity contribution in [3.8, 4) is 0 Å². The lowest BCUT2D eigenvalue weighted by Gasteiger charge is -2.00. The minimum Gasteiger partial charge on any atom is -0.463 e. The summed E-state index contributed by atoms with van der Waals surface area (Å²) in [5.74, 6) is -0.428. The molecule has 0 spiro atoms. The predicted octanol–water partition coefficient (Wildman–Crippen LogP) is -0.151. The molecule has 0 fully saturated rings. The van der Waals surface area contributed by atoms with E-state index in [1.165, 1.54) is 12.2 Å². The van der Waals surface area contributed by atoms with Crippen LogP contribution in [-0.2, 0) is 9.53 Å². The fourth-order valence-corrected chi connectivity index (χ4v) is 0.586. The topological polar surface area (TPSA) is 66.8 Å². The molecule has 0 aliphatic carbocycles. The van der Waals surface area contributed by atoms with Gasteiger partial charge in [-0.25, -0.2) is 4.79 Å². The van der Waals surface area contributed by atoms with Crippen LogP contribution in [0, 0.1) is 0 Å². The Morgan fingerprint density at radius 3 is 2.83 bits per heavy atom. The third-order valence-corrected chi connectivity index (χ3v) is 1.16. The molecule has 0 bridgehead atoms. The molecule has 0 aromatic heterocycles. The van der Waals surface area contributed by atoms with E-state index in [2.05, 4.69) is 4.74 Å². The van der Waals surface area contributed by atoms with E-state index in [4.69, 9.17) is 10.2 Å². The summed E-state index contributed by atoms with van der Waals surface area (Å²) in [6.45, 7) is 1.76. The maximum atomic E-state index is 10.7. The van der Waals surface area contributed by atoms with Crippen molar-refractivity contribution in [1.82, 2.24) is 0 Å². The highest BCUT2D eigenvalue weighted by Gasteiger charge is 1.98. The average Bonchev–Trinajstić information content (AvgIpc) is 2.04. The SMILES string of the molecule is CCOC(=O)/C=C/C[C@H](O)CO. The summed E-state index contributed by atoms with van der Waals surface area (Å²) in [4.78, 5) is 10.7. The van der Waals surface area contributed by atoms with Crippen LogP contribution in [0.1, 0.15) is 13.3 Å². The lowest BCUT2D eigenvalue weighted by atomic mass is 10.2. The molecule has 0 heterocycles. The third kappa shape index (κ3) is 5.88. The van der Waals surface area contributed by atoms with E-state index >= 15 is 0 Å². The van der Waals surface area contributed by atoms with Gasteiger partial charge in [-0.05, 0) is 13.3 Å². The standard InChI is InChI=1S/C8H14O4/c1-2-12-8(11)5-3-4-7(10)6-9/h3,5,7,9-10H,2,4,6H2,1H3/b5-3+/t7-/m0/s1. The van der Waals surface area contributed by atoms with Crippen molar-refractivity contribution in [2.24, 2.45) is 0 Å². The number of aliphatic hydroxyl groups is 2. The number of aliphatic hydroxyl groups excluding tert-OH is 2. The second-order valence-electron chi connectivity index (χ2n) is 2.23. The molecule has 0 saturated heterocycles. The van der Waals surface area contributed by atoms with Gasteiger partial charge >= 0.3 is 5.97 Å². The largest absolute Gasteiger partial charge is 0.463 e. The molecule has 12 heavy (non-hydrogen) atoms. The van der Waals surface area contributed by atoms with Crippen molar-refractivity contribution in [3.63, 3.8) is 0 Å². The highest BCUT2D eigenvalue weighted by molar-refractivity contribution is 5.81. The fourth-order valence-electron chi connectivity index (χ4n) is 0.586. The Hall–Kier alpha value is -0.870. The van der Waals surface area contributed by atoms with Gasteiger partial charge in [0.15, 0.2) is 0 Å². The van der Waals surface area contributed by atoms with E-state index in [1.807, 2.05) is 0 Å². The van der Waals surface area contributed by atoms with Gasteiger partial charge in [0, 0.05) is 6.08 Å². The number of hydrogen-bond donors (Lipinski definition) is 2. The molecule has 0 saturated carbocycles. The van der Waals surface area contributed by atoms with Crippen molar-refractivity contribution in [1.29, 1.82) is 0 Å². The van der Waals surface area contributed by atoms with Gasteiger partial charge < -0.3 is 14.9 Å². The number of rotatable bonds is 5. The summed E-state index contributed by atoms with van der Waals surface area (Å²) in [5.41, 5.74) is 0. The van der Waals surface area contributed by atoms with Crippen molar-refractivity contribution in [2.75, 3.05) is 13.2 Å². The zero-order valence-electron chi connectivity index (χ0n) is 7.06. The van der Waals surface area contributed by atoms with Gasteiger partial charge in [0.1, 0.15) is 0 Å². The quantitative estimate of drug-likeness (QED) is 0.449. The number of carbonyl (C=O) groups is 1. The van der Waals surface area contributed by atoms with Gasteiger partial charge in [0.25, 0.3) is 0 Å². The van der Waals surface area contributed by atoms with Crippen LogP contribution < -0.4 is 0 Å². The second kappa shape index (κ2) is 6.82. The lowest BCUT2D eigenvalue weighted by Crippen LogP contribution is -2.10. The second-order valence-corrected chi connectivity index (χ2v) is 2.23. The Bertz CT molecular complexity index is 153. The molecular formula is C8H14O4. The summed E-state index contributed by atoms with van der Waals surface area (Å²) < 4.78 is 4.59. The van der Waals surface area contributed by atoms with Crippen LogP contribution in [0.25, 0.3) is 0 Å². The number of ether oxygens (including phenoxy) is 1. The van der Waals surface area contributed by atoms with E-state index in [1.54, 1.807) is 6.92 Å². The lowest BCUT2D eigenvalue weighted by molar-refractivity contribution is -0.137. The Kier molecular flexibility index (Phi) is 6.32. The normalized spacial score (nSPS) is 13.2. The molecule has 0 rings (SSSR count). The maximum Gasteiger partial charge on any atom is 0.330 e. The highest BCUT2D eigenvalue weighted by Crippen LogP contribution is 1.92. The molecule has 0 aliphatic rings. The van der Waals surface area contributed by atoms with Crippen LogP contribution in [0.4, 0.5) is 0 Å². The van der Waals surface area contributed by atoms with Gasteiger partial charge in [-0.2, -0.15) is 0 Å². The first kappa shape index (κ1) is 11.1. The van der Waals surface area contributed by atoms with Gasteiger partial charge in [-0.1, -0.05) is 6.08 Å². The van der Waals surface area contributed by atoms with Crippen LogP contribution in [0.15, 0.2) is 12.2 Å². The summed E-state index contributed by atoms with van der Waals surface area (Å²) in [6.07, 6.45) is 2.17. The van der Waals surface area contributed by atoms with Crippen molar-refractivity contribution in [3.05, 3.63) is 12.2 Å². The summed E-state index contributed by atoms with van der Waals surface area (Å²) in [7, 11) is 0. The number of carbonyl (C=O) groups excluding carboxylic acids is 1. The smallest absolute Gasteiger partial charge is 0.330 e. The number of hydrogen-bond acceptors (Lipinski definition) is 4. The van der Waals surface area contributed by atoms with Crippen LogP contribution in [-0.4, -0.2) is 35.5 Å². The average molecular weight is 174 g/mol. The molecule has 70 valence electrons. The molecule has 0 aromatic rings. The van der Waals surface area contributed by atoms with E-state index in [0.717, 1.165) is 0 Å². The van der Waals surface area contributed by atoms with Crippen LogP contribution in [0.3, 0.4) is 0 Å². The van der Waals surface area contributed by atoms with E-state index in [9.17, 15) is 4.79 Å². The molecular weight excluding hydrogens is 160 g/mol. The molecule has 0 unspecified atom stereocenters. The summed E-state index contributed by atoms with van der Waals surface area (Å²) in [5, 5.41) is 17.3. The molecule has 0 aromatic carbocycles. The number of esters is 1. The van der Waals surface area contributed by atoms with Crippen molar-refractivity contribution < 1.29 is 19.7 Å². The fraction of sp³-hybridized carbons (Fsp3) is 0.625. The Labute approximate surface area is 71.5 Å². The minimum absolute atomic E-state index is 0.259. The summed E-state index contributed by atoms with van der Waals surface area (Å²) in [6, 6.07) is 0. The molecule has 4 heteroatoms. The monoisotopic (exact) mass is 174 g/mol. The molecule has 2 N–H and O–H groups in total. The molecule has 0 aliphatic heterocycles.